The zero-order chi connectivity index (χ0) is 13.0. The molecule has 4 nitrogen and oxygen atoms in total. The fourth-order valence-electron chi connectivity index (χ4n) is 1.83. The molecular formula is C13H22N2O2. The maximum absolute atomic E-state index is 11.7. The summed E-state index contributed by atoms with van der Waals surface area (Å²) < 4.78 is 5.44. The van der Waals surface area contributed by atoms with Gasteiger partial charge in [0.15, 0.2) is 0 Å². The molecule has 0 fully saturated rings. The van der Waals surface area contributed by atoms with Crippen LogP contribution in [-0.2, 0) is 4.79 Å². The average Bonchev–Trinajstić information content (AvgIpc) is 2.55. The third-order valence-corrected chi connectivity index (χ3v) is 2.75. The van der Waals surface area contributed by atoms with Gasteiger partial charge in [-0.25, -0.2) is 0 Å². The van der Waals surface area contributed by atoms with E-state index < -0.39 is 0 Å². The molecule has 0 radical (unpaired) electrons. The van der Waals surface area contributed by atoms with Crippen LogP contribution in [0, 0.1) is 13.8 Å². The van der Waals surface area contributed by atoms with Gasteiger partial charge < -0.3 is 15.5 Å². The lowest BCUT2D eigenvalue weighted by Crippen LogP contribution is -2.28. The Morgan fingerprint density at radius 3 is 2.59 bits per heavy atom. The molecule has 1 aromatic rings. The molecule has 0 aromatic carbocycles. The molecule has 1 rings (SSSR count). The lowest BCUT2D eigenvalue weighted by atomic mass is 10.1. The van der Waals surface area contributed by atoms with Crippen molar-refractivity contribution in [2.45, 2.75) is 52.6 Å². The van der Waals surface area contributed by atoms with Gasteiger partial charge in [0.2, 0.25) is 5.91 Å². The zero-order valence-corrected chi connectivity index (χ0v) is 11.0. The molecule has 0 spiro atoms. The minimum atomic E-state index is -0.0203. The van der Waals surface area contributed by atoms with Gasteiger partial charge in [-0.2, -0.15) is 0 Å². The van der Waals surface area contributed by atoms with Crippen molar-refractivity contribution in [3.63, 3.8) is 0 Å². The van der Waals surface area contributed by atoms with Crippen LogP contribution in [0.25, 0.3) is 0 Å². The van der Waals surface area contributed by atoms with Crippen LogP contribution in [0.2, 0.25) is 0 Å². The third kappa shape index (κ3) is 4.23. The number of furan rings is 1. The van der Waals surface area contributed by atoms with Crippen LogP contribution in [0.1, 0.15) is 49.8 Å². The van der Waals surface area contributed by atoms with Crippen molar-refractivity contribution < 1.29 is 9.21 Å². The van der Waals surface area contributed by atoms with Crippen molar-refractivity contribution >= 4 is 5.91 Å². The van der Waals surface area contributed by atoms with E-state index in [1.807, 2.05) is 33.8 Å². The molecule has 0 aliphatic rings. The summed E-state index contributed by atoms with van der Waals surface area (Å²) in [4.78, 5) is 11.7. The normalized spacial score (nSPS) is 14.4. The Kier molecular flexibility index (Phi) is 4.75. The van der Waals surface area contributed by atoms with Crippen molar-refractivity contribution in [1.29, 1.82) is 0 Å². The molecule has 0 aliphatic carbocycles. The van der Waals surface area contributed by atoms with Crippen LogP contribution in [0.3, 0.4) is 0 Å². The summed E-state index contributed by atoms with van der Waals surface area (Å²) in [6.07, 6.45) is 1.18. The molecule has 4 heteroatoms. The Labute approximate surface area is 103 Å². The smallest absolute Gasteiger partial charge is 0.220 e. The lowest BCUT2D eigenvalue weighted by molar-refractivity contribution is -0.121. The number of hydrogen-bond donors (Lipinski definition) is 2. The van der Waals surface area contributed by atoms with Crippen LogP contribution in [0.15, 0.2) is 10.5 Å². The van der Waals surface area contributed by atoms with Gasteiger partial charge in [-0.15, -0.1) is 0 Å². The Balaban J connectivity index is 2.51. The first kappa shape index (κ1) is 13.8. The molecule has 1 amide bonds. The molecule has 0 aliphatic heterocycles. The summed E-state index contributed by atoms with van der Waals surface area (Å²) in [5.41, 5.74) is 6.65. The summed E-state index contributed by atoms with van der Waals surface area (Å²) in [5, 5.41) is 2.95. The summed E-state index contributed by atoms with van der Waals surface area (Å²) in [6.45, 7) is 7.68. The number of carbonyl (C=O) groups is 1. The molecule has 0 saturated carbocycles. The minimum absolute atomic E-state index is 0.0203. The van der Waals surface area contributed by atoms with Gasteiger partial charge in [0.05, 0.1) is 6.04 Å². The summed E-state index contributed by atoms with van der Waals surface area (Å²) >= 11 is 0. The highest BCUT2D eigenvalue weighted by molar-refractivity contribution is 5.76. The largest absolute Gasteiger partial charge is 0.466 e. The molecule has 0 bridgehead atoms. The fraction of sp³-hybridized carbons (Fsp3) is 0.615. The molecule has 0 saturated heterocycles. The predicted octanol–water partition coefficient (Wildman–Crippen LogP) is 2.20. The topological polar surface area (TPSA) is 68.3 Å². The Morgan fingerprint density at radius 1 is 1.47 bits per heavy atom. The van der Waals surface area contributed by atoms with E-state index in [9.17, 15) is 4.79 Å². The monoisotopic (exact) mass is 238 g/mol. The average molecular weight is 238 g/mol. The quantitative estimate of drug-likeness (QED) is 0.826. The molecular weight excluding hydrogens is 216 g/mol. The Morgan fingerprint density at radius 2 is 2.12 bits per heavy atom. The standard InChI is InChI=1S/C13H22N2O2/c1-8(14)5-6-13(16)15-10(3)12-7-9(2)17-11(12)4/h7-8,10H,5-6,14H2,1-4H3,(H,15,16). The number of nitrogens with two attached hydrogens (primary N) is 1. The molecule has 1 heterocycles. The second kappa shape index (κ2) is 5.87. The van der Waals surface area contributed by atoms with Crippen LogP contribution in [-0.4, -0.2) is 11.9 Å². The number of nitrogens with one attached hydrogen (secondary N) is 1. The predicted molar refractivity (Wildman–Crippen MR) is 67.6 cm³/mol. The summed E-state index contributed by atoms with van der Waals surface area (Å²) in [7, 11) is 0. The van der Waals surface area contributed by atoms with Crippen molar-refractivity contribution in [2.75, 3.05) is 0 Å². The Hall–Kier alpha value is -1.29. The molecule has 96 valence electrons. The number of carbonyl (C=O) groups excluding carboxylic acids is 1. The van der Waals surface area contributed by atoms with Gasteiger partial charge in [-0.3, -0.25) is 4.79 Å². The fourth-order valence-corrected chi connectivity index (χ4v) is 1.83. The van der Waals surface area contributed by atoms with Crippen LogP contribution in [0.5, 0.6) is 0 Å². The van der Waals surface area contributed by atoms with Crippen molar-refractivity contribution in [3.8, 4) is 0 Å². The molecule has 1 aromatic heterocycles. The van der Waals surface area contributed by atoms with E-state index in [1.165, 1.54) is 0 Å². The highest BCUT2D eigenvalue weighted by Crippen LogP contribution is 2.21. The Bertz CT molecular complexity index is 383. The summed E-state index contributed by atoms with van der Waals surface area (Å²) in [5.74, 6) is 1.77. The van der Waals surface area contributed by atoms with E-state index >= 15 is 0 Å². The van der Waals surface area contributed by atoms with E-state index in [0.29, 0.717) is 12.8 Å². The first-order chi connectivity index (χ1) is 7.90. The van der Waals surface area contributed by atoms with Gasteiger partial charge in [-0.1, -0.05) is 0 Å². The molecule has 2 unspecified atom stereocenters. The first-order valence-corrected chi connectivity index (χ1v) is 6.02. The van der Waals surface area contributed by atoms with E-state index in [0.717, 1.165) is 17.1 Å². The zero-order valence-electron chi connectivity index (χ0n) is 11.0. The number of hydrogen-bond acceptors (Lipinski definition) is 3. The minimum Gasteiger partial charge on any atom is -0.466 e. The van der Waals surface area contributed by atoms with Gasteiger partial charge in [0.25, 0.3) is 0 Å². The lowest BCUT2D eigenvalue weighted by Gasteiger charge is -2.13. The van der Waals surface area contributed by atoms with E-state index in [1.54, 1.807) is 0 Å². The molecule has 2 atom stereocenters. The number of amides is 1. The maximum atomic E-state index is 11.7. The van der Waals surface area contributed by atoms with Gasteiger partial charge in [0.1, 0.15) is 11.5 Å². The first-order valence-electron chi connectivity index (χ1n) is 6.02. The van der Waals surface area contributed by atoms with Crippen molar-refractivity contribution in [3.05, 3.63) is 23.2 Å². The van der Waals surface area contributed by atoms with E-state index in [2.05, 4.69) is 5.32 Å². The van der Waals surface area contributed by atoms with Crippen molar-refractivity contribution in [2.24, 2.45) is 5.73 Å². The van der Waals surface area contributed by atoms with Crippen LogP contribution in [0.4, 0.5) is 0 Å². The number of aryl methyl sites for hydroxylation is 2. The molecule has 3 N–H and O–H groups in total. The van der Waals surface area contributed by atoms with Crippen LogP contribution >= 0.6 is 0 Å². The second-order valence-corrected chi connectivity index (χ2v) is 4.67. The van der Waals surface area contributed by atoms with E-state index in [4.69, 9.17) is 10.2 Å². The SMILES string of the molecule is Cc1cc(C(C)NC(=O)CCC(C)N)c(C)o1. The van der Waals surface area contributed by atoms with Crippen LogP contribution < -0.4 is 11.1 Å². The van der Waals surface area contributed by atoms with Crippen molar-refractivity contribution in [1.82, 2.24) is 5.32 Å². The highest BCUT2D eigenvalue weighted by Gasteiger charge is 2.14. The van der Waals surface area contributed by atoms with Gasteiger partial charge in [-0.05, 0) is 40.2 Å². The van der Waals surface area contributed by atoms with Gasteiger partial charge in [0, 0.05) is 18.0 Å². The third-order valence-electron chi connectivity index (χ3n) is 2.75. The molecule has 17 heavy (non-hydrogen) atoms. The van der Waals surface area contributed by atoms with Gasteiger partial charge >= 0.3 is 0 Å². The number of rotatable bonds is 5. The summed E-state index contributed by atoms with van der Waals surface area (Å²) in [6, 6.07) is 2.01. The van der Waals surface area contributed by atoms with E-state index in [-0.39, 0.29) is 18.0 Å². The highest BCUT2D eigenvalue weighted by atomic mass is 16.3. The maximum Gasteiger partial charge on any atom is 0.220 e. The second-order valence-electron chi connectivity index (χ2n) is 4.67.